The van der Waals surface area contributed by atoms with Gasteiger partial charge in [0, 0.05) is 36.2 Å². The van der Waals surface area contributed by atoms with Crippen molar-refractivity contribution in [3.63, 3.8) is 0 Å². The fraction of sp³-hybridized carbons (Fsp3) is 0.174. The first-order valence-electron chi connectivity index (χ1n) is 10.7. The van der Waals surface area contributed by atoms with Crippen LogP contribution in [0.4, 0.5) is 11.5 Å². The quantitative estimate of drug-likeness (QED) is 0.247. The number of aromatic amines is 1. The number of carbonyl (C=O) groups is 1. The lowest BCUT2D eigenvalue weighted by molar-refractivity contribution is 0.100. The third kappa shape index (κ3) is 3.79. The predicted molar refractivity (Wildman–Crippen MR) is 128 cm³/mol. The smallest absolute Gasteiger partial charge is 0.423 e. The molecular formula is C23H23BN6O3. The van der Waals surface area contributed by atoms with Gasteiger partial charge in [-0.1, -0.05) is 36.4 Å². The molecule has 0 bridgehead atoms. The van der Waals surface area contributed by atoms with Gasteiger partial charge < -0.3 is 31.4 Å². The lowest BCUT2D eigenvalue weighted by Crippen LogP contribution is -2.30. The molecule has 2 aromatic carbocycles. The number of nitrogens with two attached hydrogens (primary N) is 1. The van der Waals surface area contributed by atoms with E-state index in [1.807, 2.05) is 19.1 Å². The molecule has 166 valence electrons. The van der Waals surface area contributed by atoms with Crippen LogP contribution in [-0.2, 0) is 13.0 Å². The van der Waals surface area contributed by atoms with Crippen LogP contribution in [0.15, 0.2) is 42.5 Å². The number of aryl methyl sites for hydroxylation is 1. The SMILES string of the molecule is Cc1[nH]c2c(C(N)=O)cccc2c1-c1nc2c(c(NCc3cccc(B(O)O)c3)n1)NCC2. The summed E-state index contributed by atoms with van der Waals surface area (Å²) in [5.41, 5.74) is 11.4. The van der Waals surface area contributed by atoms with E-state index in [9.17, 15) is 14.8 Å². The summed E-state index contributed by atoms with van der Waals surface area (Å²) >= 11 is 0. The first kappa shape index (κ1) is 21.0. The summed E-state index contributed by atoms with van der Waals surface area (Å²) in [6.45, 7) is 3.14. The van der Waals surface area contributed by atoms with Crippen LogP contribution in [0.5, 0.6) is 0 Å². The molecule has 1 aliphatic heterocycles. The van der Waals surface area contributed by atoms with Crippen molar-refractivity contribution >= 4 is 40.9 Å². The van der Waals surface area contributed by atoms with Crippen molar-refractivity contribution in [1.82, 2.24) is 15.0 Å². The molecule has 3 heterocycles. The van der Waals surface area contributed by atoms with E-state index in [0.29, 0.717) is 34.7 Å². The van der Waals surface area contributed by atoms with Gasteiger partial charge in [0.05, 0.1) is 22.5 Å². The van der Waals surface area contributed by atoms with E-state index in [-0.39, 0.29) is 0 Å². The number of nitrogens with zero attached hydrogens (tertiary/aromatic N) is 2. The molecule has 0 saturated heterocycles. The summed E-state index contributed by atoms with van der Waals surface area (Å²) < 4.78 is 0. The molecule has 33 heavy (non-hydrogen) atoms. The number of amides is 1. The largest absolute Gasteiger partial charge is 0.488 e. The van der Waals surface area contributed by atoms with Gasteiger partial charge in [0.25, 0.3) is 5.91 Å². The third-order valence-electron chi connectivity index (χ3n) is 5.87. The van der Waals surface area contributed by atoms with Crippen molar-refractivity contribution in [2.24, 2.45) is 5.73 Å². The zero-order chi connectivity index (χ0) is 23.1. The summed E-state index contributed by atoms with van der Waals surface area (Å²) in [7, 11) is -1.52. The van der Waals surface area contributed by atoms with Crippen LogP contribution in [0, 0.1) is 6.92 Å². The van der Waals surface area contributed by atoms with E-state index in [1.165, 1.54) is 0 Å². The highest BCUT2D eigenvalue weighted by atomic mass is 16.4. The fourth-order valence-corrected chi connectivity index (χ4v) is 4.31. The highest BCUT2D eigenvalue weighted by Gasteiger charge is 2.23. The molecule has 2 aromatic heterocycles. The molecular weight excluding hydrogens is 419 g/mol. The minimum Gasteiger partial charge on any atom is -0.423 e. The van der Waals surface area contributed by atoms with Crippen LogP contribution in [0.2, 0.25) is 0 Å². The maximum Gasteiger partial charge on any atom is 0.488 e. The average molecular weight is 442 g/mol. The molecule has 1 aliphatic rings. The van der Waals surface area contributed by atoms with Crippen LogP contribution in [0.25, 0.3) is 22.3 Å². The van der Waals surface area contributed by atoms with Gasteiger partial charge in [-0.2, -0.15) is 0 Å². The van der Waals surface area contributed by atoms with Crippen molar-refractivity contribution in [3.05, 3.63) is 65.0 Å². The molecule has 4 aromatic rings. The Morgan fingerprint density at radius 1 is 1.21 bits per heavy atom. The van der Waals surface area contributed by atoms with Gasteiger partial charge in [0.1, 0.15) is 0 Å². The molecule has 9 nitrogen and oxygen atoms in total. The van der Waals surface area contributed by atoms with Crippen LogP contribution in [0.3, 0.4) is 0 Å². The predicted octanol–water partition coefficient (Wildman–Crippen LogP) is 1.29. The first-order chi connectivity index (χ1) is 15.9. The number of aromatic nitrogens is 3. The molecule has 0 spiro atoms. The average Bonchev–Trinajstić information content (AvgIpc) is 3.40. The Hall–Kier alpha value is -3.89. The molecule has 5 rings (SSSR count). The monoisotopic (exact) mass is 442 g/mol. The van der Waals surface area contributed by atoms with Crippen LogP contribution in [-0.4, -0.2) is 44.6 Å². The molecule has 1 amide bonds. The second-order valence-electron chi connectivity index (χ2n) is 8.08. The van der Waals surface area contributed by atoms with Gasteiger partial charge in [0.15, 0.2) is 11.6 Å². The minimum absolute atomic E-state index is 0.425. The van der Waals surface area contributed by atoms with Gasteiger partial charge in [-0.3, -0.25) is 4.79 Å². The number of hydrogen-bond acceptors (Lipinski definition) is 7. The Balaban J connectivity index is 1.56. The number of carbonyl (C=O) groups excluding carboxylic acids is 1. The molecule has 0 atom stereocenters. The lowest BCUT2D eigenvalue weighted by Gasteiger charge is -2.13. The fourth-order valence-electron chi connectivity index (χ4n) is 4.31. The Morgan fingerprint density at radius 3 is 2.82 bits per heavy atom. The van der Waals surface area contributed by atoms with E-state index < -0.39 is 13.0 Å². The third-order valence-corrected chi connectivity index (χ3v) is 5.87. The van der Waals surface area contributed by atoms with E-state index in [0.717, 1.165) is 46.6 Å². The summed E-state index contributed by atoms with van der Waals surface area (Å²) in [4.78, 5) is 24.8. The number of primary amides is 1. The second-order valence-corrected chi connectivity index (χ2v) is 8.08. The minimum atomic E-state index is -1.52. The van der Waals surface area contributed by atoms with Gasteiger partial charge in [0.2, 0.25) is 0 Å². The molecule has 0 radical (unpaired) electrons. The molecule has 0 fully saturated rings. The maximum atomic E-state index is 11.9. The molecule has 7 N–H and O–H groups in total. The number of H-pyrrole nitrogens is 1. The zero-order valence-electron chi connectivity index (χ0n) is 18.0. The van der Waals surface area contributed by atoms with Crippen molar-refractivity contribution in [3.8, 4) is 11.4 Å². The number of rotatable bonds is 6. The Kier molecular flexibility index (Phi) is 5.23. The normalized spacial score (nSPS) is 12.5. The summed E-state index contributed by atoms with van der Waals surface area (Å²) in [5, 5.41) is 26.4. The number of benzene rings is 2. The Morgan fingerprint density at radius 2 is 2.03 bits per heavy atom. The topological polar surface area (TPSA) is 149 Å². The van der Waals surface area contributed by atoms with Gasteiger partial charge in [-0.25, -0.2) is 9.97 Å². The number of nitrogens with one attached hydrogen (secondary N) is 3. The van der Waals surface area contributed by atoms with E-state index in [2.05, 4.69) is 15.6 Å². The van der Waals surface area contributed by atoms with E-state index in [1.54, 1.807) is 30.3 Å². The van der Waals surface area contributed by atoms with Crippen molar-refractivity contribution in [1.29, 1.82) is 0 Å². The van der Waals surface area contributed by atoms with Gasteiger partial charge in [-0.15, -0.1) is 0 Å². The van der Waals surface area contributed by atoms with Crippen molar-refractivity contribution in [2.45, 2.75) is 19.9 Å². The summed E-state index contributed by atoms with van der Waals surface area (Å²) in [6, 6.07) is 12.5. The van der Waals surface area contributed by atoms with Crippen molar-refractivity contribution < 1.29 is 14.8 Å². The first-order valence-corrected chi connectivity index (χ1v) is 10.7. The van der Waals surface area contributed by atoms with Crippen molar-refractivity contribution in [2.75, 3.05) is 17.2 Å². The number of hydrogen-bond donors (Lipinski definition) is 6. The standard InChI is InChI=1S/C23H23BN6O3/c1-12-18(15-6-3-7-16(21(25)31)19(15)28-12)22-29-17-8-9-26-20(17)23(30-22)27-11-13-4-2-5-14(10-13)24(32)33/h2-7,10,26,28,32-33H,8-9,11H2,1H3,(H2,25,31)(H,27,29,30). The van der Waals surface area contributed by atoms with Crippen LogP contribution in [0.1, 0.15) is 27.3 Å². The van der Waals surface area contributed by atoms with E-state index in [4.69, 9.17) is 15.7 Å². The Bertz CT molecular complexity index is 1380. The Labute approximate surface area is 190 Å². The highest BCUT2D eigenvalue weighted by molar-refractivity contribution is 6.58. The number of anilines is 2. The molecule has 0 saturated carbocycles. The molecule has 0 aliphatic carbocycles. The van der Waals surface area contributed by atoms with Crippen LogP contribution >= 0.6 is 0 Å². The summed E-state index contributed by atoms with van der Waals surface area (Å²) in [6.07, 6.45) is 0.777. The summed E-state index contributed by atoms with van der Waals surface area (Å²) in [5.74, 6) is 0.733. The molecule has 0 unspecified atom stereocenters. The number of fused-ring (bicyclic) bond motifs is 2. The second kappa shape index (κ2) is 8.23. The van der Waals surface area contributed by atoms with E-state index >= 15 is 0 Å². The molecule has 10 heteroatoms. The van der Waals surface area contributed by atoms with Gasteiger partial charge >= 0.3 is 7.12 Å². The maximum absolute atomic E-state index is 11.9. The lowest BCUT2D eigenvalue weighted by atomic mass is 9.80. The van der Waals surface area contributed by atoms with Crippen LogP contribution < -0.4 is 21.8 Å². The van der Waals surface area contributed by atoms with Gasteiger partial charge in [-0.05, 0) is 24.0 Å². The number of para-hydroxylation sites is 1. The zero-order valence-corrected chi connectivity index (χ0v) is 18.0. The highest BCUT2D eigenvalue weighted by Crippen LogP contribution is 2.36.